The van der Waals surface area contributed by atoms with E-state index < -0.39 is 0 Å². The molecule has 2 amide bonds. The van der Waals surface area contributed by atoms with Crippen LogP contribution in [-0.4, -0.2) is 40.8 Å². The van der Waals surface area contributed by atoms with Gasteiger partial charge >= 0.3 is 0 Å². The van der Waals surface area contributed by atoms with E-state index in [1.54, 1.807) is 17.4 Å². The molecule has 1 aliphatic heterocycles. The summed E-state index contributed by atoms with van der Waals surface area (Å²) in [6, 6.07) is 15.7. The van der Waals surface area contributed by atoms with Crippen LogP contribution in [0.1, 0.15) is 69.4 Å². The molecule has 0 bridgehead atoms. The second-order valence-corrected chi connectivity index (χ2v) is 11.2. The topological polar surface area (TPSA) is 62.3 Å². The van der Waals surface area contributed by atoms with Gasteiger partial charge in [0.2, 0.25) is 0 Å². The molecule has 2 heterocycles. The number of nitrogens with one attached hydrogen (secondary N) is 1. The Morgan fingerprint density at radius 1 is 1.12 bits per heavy atom. The number of aryl methyl sites for hydroxylation is 1. The number of carbonyl (C=O) groups excluding carboxylic acids is 2. The molecule has 0 unspecified atom stereocenters. The maximum absolute atomic E-state index is 13.8. The van der Waals surface area contributed by atoms with Gasteiger partial charge in [-0.1, -0.05) is 51.8 Å². The van der Waals surface area contributed by atoms with E-state index in [2.05, 4.69) is 52.4 Å². The SMILES string of the molecule is Cc1ccc(-c2sc(C3CC3)nc2C(=O)N2CCCC[C@H]2CNC(=O)c2cccc(Br)c2)cc1. The van der Waals surface area contributed by atoms with E-state index in [9.17, 15) is 9.59 Å². The van der Waals surface area contributed by atoms with E-state index in [0.29, 0.717) is 30.3 Å². The van der Waals surface area contributed by atoms with Crippen LogP contribution in [0.4, 0.5) is 0 Å². The van der Waals surface area contributed by atoms with Crippen LogP contribution in [0.25, 0.3) is 10.4 Å². The lowest BCUT2D eigenvalue weighted by Gasteiger charge is -2.35. The molecular formula is C27H28BrN3O2S. The number of hydrogen-bond donors (Lipinski definition) is 1. The minimum Gasteiger partial charge on any atom is -0.350 e. The Labute approximate surface area is 212 Å². The third kappa shape index (κ3) is 5.10. The second kappa shape index (κ2) is 10.0. The zero-order valence-corrected chi connectivity index (χ0v) is 21.6. The van der Waals surface area contributed by atoms with Gasteiger partial charge in [0.25, 0.3) is 11.8 Å². The van der Waals surface area contributed by atoms with Crippen molar-refractivity contribution in [2.75, 3.05) is 13.1 Å². The number of halogens is 1. The van der Waals surface area contributed by atoms with E-state index >= 15 is 0 Å². The normalized spacial score (nSPS) is 18.1. The van der Waals surface area contributed by atoms with Crippen molar-refractivity contribution >= 4 is 39.1 Å². The highest BCUT2D eigenvalue weighted by molar-refractivity contribution is 9.10. The van der Waals surface area contributed by atoms with Crippen molar-refractivity contribution < 1.29 is 9.59 Å². The summed E-state index contributed by atoms with van der Waals surface area (Å²) in [7, 11) is 0. The van der Waals surface area contributed by atoms with Crippen molar-refractivity contribution in [3.63, 3.8) is 0 Å². The van der Waals surface area contributed by atoms with Crippen molar-refractivity contribution in [2.24, 2.45) is 0 Å². The number of nitrogens with zero attached hydrogens (tertiary/aromatic N) is 2. The average Bonchev–Trinajstić information content (AvgIpc) is 3.61. The number of thiazole rings is 1. The van der Waals surface area contributed by atoms with Gasteiger partial charge in [-0.15, -0.1) is 11.3 Å². The van der Waals surface area contributed by atoms with Crippen LogP contribution in [0, 0.1) is 6.92 Å². The lowest BCUT2D eigenvalue weighted by atomic mass is 10.0. The predicted octanol–water partition coefficient (Wildman–Crippen LogP) is 6.18. The van der Waals surface area contributed by atoms with Crippen LogP contribution < -0.4 is 5.32 Å². The van der Waals surface area contributed by atoms with Crippen LogP contribution in [0.5, 0.6) is 0 Å². The summed E-state index contributed by atoms with van der Waals surface area (Å²) in [5.74, 6) is 0.363. The smallest absolute Gasteiger partial charge is 0.274 e. The Hall–Kier alpha value is -2.51. The maximum Gasteiger partial charge on any atom is 0.274 e. The summed E-state index contributed by atoms with van der Waals surface area (Å²) in [5, 5.41) is 4.13. The zero-order valence-electron chi connectivity index (χ0n) is 19.2. The van der Waals surface area contributed by atoms with Gasteiger partial charge in [-0.05, 0) is 62.8 Å². The van der Waals surface area contributed by atoms with Crippen molar-refractivity contribution in [3.8, 4) is 10.4 Å². The average molecular weight is 539 g/mol. The molecule has 5 rings (SSSR count). The first-order chi connectivity index (χ1) is 16.5. The van der Waals surface area contributed by atoms with E-state index in [1.165, 1.54) is 5.56 Å². The van der Waals surface area contributed by atoms with Gasteiger partial charge in [0.15, 0.2) is 0 Å². The van der Waals surface area contributed by atoms with Gasteiger partial charge in [-0.3, -0.25) is 9.59 Å². The van der Waals surface area contributed by atoms with E-state index in [1.807, 2.05) is 23.1 Å². The third-order valence-corrected chi connectivity index (χ3v) is 8.32. The summed E-state index contributed by atoms with van der Waals surface area (Å²) in [5.41, 5.74) is 3.43. The molecule has 1 atom stereocenters. The maximum atomic E-state index is 13.8. The number of amides is 2. The van der Waals surface area contributed by atoms with Crippen molar-refractivity contribution in [3.05, 3.63) is 74.8 Å². The zero-order chi connectivity index (χ0) is 23.7. The van der Waals surface area contributed by atoms with Crippen LogP contribution >= 0.6 is 27.3 Å². The van der Waals surface area contributed by atoms with Crippen LogP contribution in [0.2, 0.25) is 0 Å². The Bertz CT molecular complexity index is 1200. The molecule has 176 valence electrons. The Morgan fingerprint density at radius 3 is 2.65 bits per heavy atom. The van der Waals surface area contributed by atoms with Crippen molar-refractivity contribution in [1.29, 1.82) is 0 Å². The molecule has 3 aromatic rings. The molecule has 0 radical (unpaired) electrons. The van der Waals surface area contributed by atoms with Gasteiger partial charge in [0.1, 0.15) is 5.69 Å². The summed E-state index contributed by atoms with van der Waals surface area (Å²) in [6.45, 7) is 3.20. The number of likely N-dealkylation sites (tertiary alicyclic amines) is 1. The molecule has 0 spiro atoms. The van der Waals surface area contributed by atoms with Crippen LogP contribution in [-0.2, 0) is 0 Å². The summed E-state index contributed by atoms with van der Waals surface area (Å²) in [6.07, 6.45) is 5.21. The van der Waals surface area contributed by atoms with Gasteiger partial charge in [0.05, 0.1) is 9.88 Å². The number of rotatable bonds is 6. The fourth-order valence-electron chi connectivity index (χ4n) is 4.45. The molecule has 1 aromatic heterocycles. The fourth-order valence-corrected chi connectivity index (χ4v) is 6.08. The van der Waals surface area contributed by atoms with Gasteiger partial charge in [-0.25, -0.2) is 4.98 Å². The third-order valence-electron chi connectivity index (χ3n) is 6.56. The highest BCUT2D eigenvalue weighted by Gasteiger charge is 2.34. The molecule has 2 aliphatic rings. The molecule has 1 saturated heterocycles. The van der Waals surface area contributed by atoms with E-state index in [-0.39, 0.29) is 17.9 Å². The first-order valence-electron chi connectivity index (χ1n) is 11.9. The fraction of sp³-hybridized carbons (Fsp3) is 0.370. The summed E-state index contributed by atoms with van der Waals surface area (Å²) >= 11 is 5.09. The number of hydrogen-bond acceptors (Lipinski definition) is 4. The Kier molecular flexibility index (Phi) is 6.84. The molecule has 2 fully saturated rings. The predicted molar refractivity (Wildman–Crippen MR) is 139 cm³/mol. The lowest BCUT2D eigenvalue weighted by molar-refractivity contribution is 0.0598. The standard InChI is InChI=1S/C27H28BrN3O2S/c1-17-8-10-18(11-9-17)24-23(30-26(34-24)19-12-13-19)27(33)31-14-3-2-7-22(31)16-29-25(32)20-5-4-6-21(28)15-20/h4-6,8-11,15,19,22H,2-3,7,12-14,16H2,1H3,(H,29,32)/t22-/m0/s1. The Balaban J connectivity index is 1.37. The first-order valence-corrected chi connectivity index (χ1v) is 13.5. The molecule has 34 heavy (non-hydrogen) atoms. The van der Waals surface area contributed by atoms with Gasteiger partial charge < -0.3 is 10.2 Å². The minimum atomic E-state index is -0.121. The minimum absolute atomic E-state index is 0.0138. The number of aromatic nitrogens is 1. The Morgan fingerprint density at radius 2 is 1.91 bits per heavy atom. The first kappa shape index (κ1) is 23.2. The van der Waals surface area contributed by atoms with Crippen LogP contribution in [0.15, 0.2) is 53.0 Å². The number of carbonyl (C=O) groups is 2. The van der Waals surface area contributed by atoms with Crippen molar-refractivity contribution in [1.82, 2.24) is 15.2 Å². The molecule has 1 aliphatic carbocycles. The summed E-state index contributed by atoms with van der Waals surface area (Å²) < 4.78 is 0.869. The number of benzene rings is 2. The van der Waals surface area contributed by atoms with E-state index in [0.717, 1.165) is 52.0 Å². The van der Waals surface area contributed by atoms with Crippen molar-refractivity contribution in [2.45, 2.75) is 51.0 Å². The molecular weight excluding hydrogens is 510 g/mol. The largest absolute Gasteiger partial charge is 0.350 e. The van der Waals surface area contributed by atoms with Gasteiger partial charge in [-0.2, -0.15) is 0 Å². The molecule has 2 aromatic carbocycles. The van der Waals surface area contributed by atoms with Crippen LogP contribution in [0.3, 0.4) is 0 Å². The highest BCUT2D eigenvalue weighted by atomic mass is 79.9. The number of piperidine rings is 1. The van der Waals surface area contributed by atoms with Gasteiger partial charge in [0, 0.05) is 35.1 Å². The lowest BCUT2D eigenvalue weighted by Crippen LogP contribution is -2.49. The molecule has 1 saturated carbocycles. The molecule has 7 heteroatoms. The quantitative estimate of drug-likeness (QED) is 0.408. The second-order valence-electron chi connectivity index (χ2n) is 9.24. The molecule has 1 N–H and O–H groups in total. The highest BCUT2D eigenvalue weighted by Crippen LogP contribution is 2.45. The van der Waals surface area contributed by atoms with E-state index in [4.69, 9.17) is 4.98 Å². The molecule has 5 nitrogen and oxygen atoms in total. The monoisotopic (exact) mass is 537 g/mol. The summed E-state index contributed by atoms with van der Waals surface area (Å²) in [4.78, 5) is 34.3.